The number of nitrogens with one attached hydrogen (secondary N) is 2. The highest BCUT2D eigenvalue weighted by molar-refractivity contribution is 5.95. The quantitative estimate of drug-likeness (QED) is 0.433. The molecule has 2 aromatic carbocycles. The van der Waals surface area contributed by atoms with Crippen molar-refractivity contribution in [3.63, 3.8) is 0 Å². The van der Waals surface area contributed by atoms with Gasteiger partial charge in [0.15, 0.2) is 0 Å². The Morgan fingerprint density at radius 1 is 0.951 bits per heavy atom. The predicted molar refractivity (Wildman–Crippen MR) is 135 cm³/mol. The monoisotopic (exact) mass is 583 g/mol. The SMILES string of the molecule is O=C(N/C=C1\CN2CCC1CC2)C(Cc1ccc(C(F)(F)F)cc1)NC(=O)C1(c2ccc(C(F)(F)F)cc2F)CC1. The second-order valence-corrected chi connectivity index (χ2v) is 11.0. The first-order valence-electron chi connectivity index (χ1n) is 13.3. The van der Waals surface area contributed by atoms with Crippen LogP contribution in [0.1, 0.15) is 47.9 Å². The fraction of sp³-hybridized carbons (Fsp3) is 0.448. The molecule has 6 rings (SSSR count). The van der Waals surface area contributed by atoms with Crippen LogP contribution in [0, 0.1) is 11.7 Å². The molecule has 2 amide bonds. The van der Waals surface area contributed by atoms with Gasteiger partial charge in [0.25, 0.3) is 0 Å². The summed E-state index contributed by atoms with van der Waals surface area (Å²) in [4.78, 5) is 29.0. The minimum atomic E-state index is -4.76. The maximum Gasteiger partial charge on any atom is 0.416 e. The Balaban J connectivity index is 1.36. The summed E-state index contributed by atoms with van der Waals surface area (Å²) in [5, 5.41) is 5.33. The van der Waals surface area contributed by atoms with Crippen LogP contribution in [-0.4, -0.2) is 42.4 Å². The Hall–Kier alpha value is -3.41. The van der Waals surface area contributed by atoms with Gasteiger partial charge in [0, 0.05) is 24.7 Å². The molecule has 1 unspecified atom stereocenters. The Bertz CT molecular complexity index is 1340. The van der Waals surface area contributed by atoms with Crippen LogP contribution < -0.4 is 10.6 Å². The van der Waals surface area contributed by atoms with Crippen molar-refractivity contribution < 1.29 is 40.3 Å². The molecule has 0 aromatic heterocycles. The van der Waals surface area contributed by atoms with Crippen molar-refractivity contribution in [1.82, 2.24) is 15.5 Å². The third kappa shape index (κ3) is 6.27. The van der Waals surface area contributed by atoms with E-state index in [9.17, 15) is 40.3 Å². The lowest BCUT2D eigenvalue weighted by Gasteiger charge is -2.41. The lowest BCUT2D eigenvalue weighted by molar-refractivity contribution is -0.138. The standard InChI is InChI=1S/C29H28F7N3O2/c30-23-14-21(29(34,35)36)5-6-22(23)27(9-10-27)26(41)38-24(13-17-1-3-20(4-2-17)28(31,32)33)25(40)37-15-19-16-39-11-7-18(19)8-12-39/h1-6,14-15,18,24H,7-13,16H2,(H,37,40)(H,38,41)/b19-15+. The number of benzene rings is 2. The Morgan fingerprint density at radius 3 is 2.07 bits per heavy atom. The van der Waals surface area contributed by atoms with Crippen molar-refractivity contribution in [3.05, 3.63) is 82.3 Å². The van der Waals surface area contributed by atoms with Crippen LogP contribution in [0.2, 0.25) is 0 Å². The lowest BCUT2D eigenvalue weighted by atomic mass is 9.84. The number of alkyl halides is 6. The smallest absolute Gasteiger partial charge is 0.343 e. The lowest BCUT2D eigenvalue weighted by Crippen LogP contribution is -2.50. The molecule has 220 valence electrons. The number of carbonyl (C=O) groups is 2. The molecular weight excluding hydrogens is 555 g/mol. The van der Waals surface area contributed by atoms with Gasteiger partial charge in [-0.05, 0) is 80.1 Å². The van der Waals surface area contributed by atoms with E-state index in [0.29, 0.717) is 30.2 Å². The van der Waals surface area contributed by atoms with Gasteiger partial charge in [0.1, 0.15) is 11.9 Å². The van der Waals surface area contributed by atoms with E-state index in [0.717, 1.165) is 49.7 Å². The van der Waals surface area contributed by atoms with Crippen LogP contribution in [0.4, 0.5) is 30.7 Å². The molecule has 5 nitrogen and oxygen atoms in total. The summed E-state index contributed by atoms with van der Waals surface area (Å²) >= 11 is 0. The van der Waals surface area contributed by atoms with Crippen LogP contribution in [-0.2, 0) is 33.8 Å². The Kier molecular flexibility index (Phi) is 7.65. The zero-order valence-electron chi connectivity index (χ0n) is 21.8. The number of rotatable bonds is 7. The second-order valence-electron chi connectivity index (χ2n) is 11.0. The van der Waals surface area contributed by atoms with Crippen LogP contribution in [0.5, 0.6) is 0 Å². The van der Waals surface area contributed by atoms with Gasteiger partial charge < -0.3 is 10.6 Å². The molecule has 3 saturated heterocycles. The molecule has 3 aliphatic heterocycles. The van der Waals surface area contributed by atoms with Gasteiger partial charge in [-0.3, -0.25) is 14.5 Å². The molecule has 3 heterocycles. The van der Waals surface area contributed by atoms with E-state index < -0.39 is 52.6 Å². The van der Waals surface area contributed by atoms with E-state index in [1.165, 1.54) is 12.1 Å². The molecule has 1 saturated carbocycles. The molecule has 2 N–H and O–H groups in total. The molecule has 41 heavy (non-hydrogen) atoms. The number of carbonyl (C=O) groups excluding carboxylic acids is 2. The van der Waals surface area contributed by atoms with Crippen molar-refractivity contribution in [2.45, 2.75) is 55.9 Å². The number of amides is 2. The molecule has 2 bridgehead atoms. The molecule has 4 aliphatic rings. The second kappa shape index (κ2) is 10.8. The van der Waals surface area contributed by atoms with Gasteiger partial charge in [-0.25, -0.2) is 4.39 Å². The van der Waals surface area contributed by atoms with Gasteiger partial charge in [-0.15, -0.1) is 0 Å². The first-order chi connectivity index (χ1) is 19.3. The Morgan fingerprint density at radius 2 is 1.56 bits per heavy atom. The van der Waals surface area contributed by atoms with Gasteiger partial charge in [-0.2, -0.15) is 26.3 Å². The third-order valence-corrected chi connectivity index (χ3v) is 8.26. The minimum absolute atomic E-state index is 0.153. The zero-order valence-corrected chi connectivity index (χ0v) is 21.8. The Labute approximate surface area is 231 Å². The number of hydrogen-bond acceptors (Lipinski definition) is 3. The van der Waals surface area contributed by atoms with Crippen LogP contribution in [0.15, 0.2) is 54.2 Å². The number of fused-ring (bicyclic) bond motifs is 3. The summed E-state index contributed by atoms with van der Waals surface area (Å²) in [5.41, 5.74) is -2.31. The van der Waals surface area contributed by atoms with Crippen LogP contribution in [0.3, 0.4) is 0 Å². The molecule has 0 radical (unpaired) electrons. The molecule has 12 heteroatoms. The highest BCUT2D eigenvalue weighted by Crippen LogP contribution is 2.50. The van der Waals surface area contributed by atoms with Crippen LogP contribution in [0.25, 0.3) is 0 Å². The van der Waals surface area contributed by atoms with Gasteiger partial charge in [0.2, 0.25) is 11.8 Å². The zero-order chi connectivity index (χ0) is 29.6. The molecule has 2 aromatic rings. The maximum atomic E-state index is 14.8. The van der Waals surface area contributed by atoms with E-state index in [1.807, 2.05) is 0 Å². The number of halogens is 7. The topological polar surface area (TPSA) is 61.4 Å². The normalized spacial score (nSPS) is 23.2. The van der Waals surface area contributed by atoms with Crippen molar-refractivity contribution in [3.8, 4) is 0 Å². The number of piperidine rings is 3. The summed E-state index contributed by atoms with van der Waals surface area (Å²) < 4.78 is 92.9. The highest BCUT2D eigenvalue weighted by atomic mass is 19.4. The van der Waals surface area contributed by atoms with Gasteiger partial charge in [-0.1, -0.05) is 18.2 Å². The molecule has 1 aliphatic carbocycles. The maximum absolute atomic E-state index is 14.8. The average molecular weight is 584 g/mol. The van der Waals surface area contributed by atoms with Crippen molar-refractivity contribution >= 4 is 11.8 Å². The van der Waals surface area contributed by atoms with E-state index in [-0.39, 0.29) is 24.8 Å². The minimum Gasteiger partial charge on any atom is -0.343 e. The van der Waals surface area contributed by atoms with Crippen molar-refractivity contribution in [2.24, 2.45) is 5.92 Å². The van der Waals surface area contributed by atoms with Crippen molar-refractivity contribution in [2.75, 3.05) is 19.6 Å². The predicted octanol–water partition coefficient (Wildman–Crippen LogP) is 5.35. The average Bonchev–Trinajstić information content (AvgIpc) is 3.73. The van der Waals surface area contributed by atoms with E-state index in [1.54, 1.807) is 6.20 Å². The van der Waals surface area contributed by atoms with E-state index >= 15 is 0 Å². The summed E-state index contributed by atoms with van der Waals surface area (Å²) in [6, 6.07) is 4.93. The first-order valence-corrected chi connectivity index (χ1v) is 13.3. The third-order valence-electron chi connectivity index (χ3n) is 8.26. The van der Waals surface area contributed by atoms with E-state index in [2.05, 4.69) is 15.5 Å². The first kappa shape index (κ1) is 29.1. The number of nitrogens with zero attached hydrogens (tertiary/aromatic N) is 1. The number of hydrogen-bond donors (Lipinski definition) is 2. The summed E-state index contributed by atoms with van der Waals surface area (Å²) in [7, 11) is 0. The summed E-state index contributed by atoms with van der Waals surface area (Å²) in [6.07, 6.45) is -5.58. The van der Waals surface area contributed by atoms with Gasteiger partial charge >= 0.3 is 12.4 Å². The molecule has 4 fully saturated rings. The summed E-state index contributed by atoms with van der Waals surface area (Å²) in [5.74, 6) is -2.19. The largest absolute Gasteiger partial charge is 0.416 e. The van der Waals surface area contributed by atoms with E-state index in [4.69, 9.17) is 0 Å². The fourth-order valence-corrected chi connectivity index (χ4v) is 5.67. The van der Waals surface area contributed by atoms with Crippen molar-refractivity contribution in [1.29, 1.82) is 0 Å². The fourth-order valence-electron chi connectivity index (χ4n) is 5.67. The van der Waals surface area contributed by atoms with Crippen LogP contribution >= 0.6 is 0 Å². The molecule has 1 atom stereocenters. The van der Waals surface area contributed by atoms with Gasteiger partial charge in [0.05, 0.1) is 16.5 Å². The highest BCUT2D eigenvalue weighted by Gasteiger charge is 2.53. The molecule has 0 spiro atoms. The summed E-state index contributed by atoms with van der Waals surface area (Å²) in [6.45, 7) is 2.66. The molecular formula is C29H28F7N3O2.